The summed E-state index contributed by atoms with van der Waals surface area (Å²) < 4.78 is 1.03. The van der Waals surface area contributed by atoms with E-state index < -0.39 is 0 Å². The Hall–Kier alpha value is -2.71. The molecule has 1 fully saturated rings. The molecule has 2 aromatic heterocycles. The second-order valence-corrected chi connectivity index (χ2v) is 9.64. The number of carbonyl (C=O) groups excluding carboxylic acids is 1. The number of aryl methyl sites for hydroxylation is 1. The van der Waals surface area contributed by atoms with Gasteiger partial charge in [-0.1, -0.05) is 22.0 Å². The number of hydrogen-bond acceptors (Lipinski definition) is 5. The van der Waals surface area contributed by atoms with Gasteiger partial charge in [0.15, 0.2) is 0 Å². The maximum absolute atomic E-state index is 13.7. The molecule has 1 amide bonds. The number of hydrogen-bond donors (Lipinski definition) is 1. The molecule has 32 heavy (non-hydrogen) atoms. The van der Waals surface area contributed by atoms with Gasteiger partial charge in [-0.2, -0.15) is 0 Å². The average Bonchev–Trinajstić information content (AvgIpc) is 3.46. The Morgan fingerprint density at radius 1 is 1.25 bits per heavy atom. The van der Waals surface area contributed by atoms with E-state index in [-0.39, 0.29) is 11.9 Å². The second kappa shape index (κ2) is 8.67. The zero-order valence-corrected chi connectivity index (χ0v) is 20.2. The first-order valence-electron chi connectivity index (χ1n) is 10.5. The largest absolute Gasteiger partial charge is 0.340 e. The molecule has 0 bridgehead atoms. The van der Waals surface area contributed by atoms with Crippen molar-refractivity contribution in [1.82, 2.24) is 24.8 Å². The van der Waals surface area contributed by atoms with E-state index in [4.69, 9.17) is 4.98 Å². The van der Waals surface area contributed by atoms with Crippen molar-refractivity contribution < 1.29 is 4.79 Å². The predicted molar refractivity (Wildman–Crippen MR) is 131 cm³/mol. The summed E-state index contributed by atoms with van der Waals surface area (Å²) in [4.78, 5) is 33.7. The first-order chi connectivity index (χ1) is 15.5. The van der Waals surface area contributed by atoms with Crippen LogP contribution in [0.1, 0.15) is 40.6 Å². The first-order valence-corrected chi connectivity index (χ1v) is 12.5. The number of imidazole rings is 1. The Bertz CT molecular complexity index is 1320. The Morgan fingerprint density at radius 2 is 2.12 bits per heavy atom. The molecule has 4 aromatic rings. The second-order valence-electron chi connectivity index (χ2n) is 7.91. The Morgan fingerprint density at radius 3 is 2.94 bits per heavy atom. The summed E-state index contributed by atoms with van der Waals surface area (Å²) in [6, 6.07) is 12.1. The fraction of sp³-hybridized carbons (Fsp3) is 0.250. The third kappa shape index (κ3) is 3.82. The summed E-state index contributed by atoms with van der Waals surface area (Å²) in [6.07, 6.45) is 6.99. The van der Waals surface area contributed by atoms with Gasteiger partial charge < -0.3 is 9.88 Å². The molecule has 1 saturated heterocycles. The lowest BCUT2D eigenvalue weighted by Crippen LogP contribution is -2.31. The van der Waals surface area contributed by atoms with Crippen LogP contribution in [-0.2, 0) is 0 Å². The Balaban J connectivity index is 1.50. The van der Waals surface area contributed by atoms with Crippen LogP contribution in [0.5, 0.6) is 0 Å². The number of fused-ring (bicyclic) bond motifs is 1. The van der Waals surface area contributed by atoms with Gasteiger partial charge in [-0.05, 0) is 61.9 Å². The molecule has 0 spiro atoms. The minimum Gasteiger partial charge on any atom is -0.340 e. The summed E-state index contributed by atoms with van der Waals surface area (Å²) in [5, 5.41) is 0. The van der Waals surface area contributed by atoms with Crippen molar-refractivity contribution in [2.75, 3.05) is 12.8 Å². The number of halogens is 1. The van der Waals surface area contributed by atoms with Gasteiger partial charge in [0.25, 0.3) is 5.91 Å². The fourth-order valence-corrected chi connectivity index (χ4v) is 4.94. The predicted octanol–water partition coefficient (Wildman–Crippen LogP) is 5.79. The number of H-pyrrole nitrogens is 1. The quantitative estimate of drug-likeness (QED) is 0.353. The van der Waals surface area contributed by atoms with Gasteiger partial charge in [-0.3, -0.25) is 4.79 Å². The first kappa shape index (κ1) is 21.2. The number of carbonyl (C=O) groups is 1. The van der Waals surface area contributed by atoms with Gasteiger partial charge in [-0.15, -0.1) is 11.8 Å². The number of likely N-dealkylation sites (tertiary alicyclic amines) is 1. The van der Waals surface area contributed by atoms with Gasteiger partial charge >= 0.3 is 0 Å². The topological polar surface area (TPSA) is 74.8 Å². The SMILES string of the molecule is CSc1ccc2nc([C@@H]3CCCN3C(=O)c3cncnc3-c3ccc(Br)c(C)c3)[nH]c2c1. The van der Waals surface area contributed by atoms with Crippen molar-refractivity contribution in [2.24, 2.45) is 0 Å². The van der Waals surface area contributed by atoms with Gasteiger partial charge in [0.1, 0.15) is 12.2 Å². The molecule has 8 heteroatoms. The van der Waals surface area contributed by atoms with Crippen LogP contribution < -0.4 is 0 Å². The number of aromatic amines is 1. The van der Waals surface area contributed by atoms with Crippen LogP contribution in [0.2, 0.25) is 0 Å². The molecular weight excluding hydrogens is 486 g/mol. The lowest BCUT2D eigenvalue weighted by Gasteiger charge is -2.24. The lowest BCUT2D eigenvalue weighted by atomic mass is 10.0. The summed E-state index contributed by atoms with van der Waals surface area (Å²) in [7, 11) is 0. The number of nitrogens with zero attached hydrogens (tertiary/aromatic N) is 4. The van der Waals surface area contributed by atoms with Gasteiger partial charge in [0, 0.05) is 27.7 Å². The molecule has 1 atom stereocenters. The number of benzene rings is 2. The minimum atomic E-state index is -0.0904. The summed E-state index contributed by atoms with van der Waals surface area (Å²) in [5.74, 6) is 0.774. The number of rotatable bonds is 4. The van der Waals surface area contributed by atoms with Crippen molar-refractivity contribution in [2.45, 2.75) is 30.7 Å². The highest BCUT2D eigenvalue weighted by atomic mass is 79.9. The van der Waals surface area contributed by atoms with Crippen LogP contribution in [0.25, 0.3) is 22.3 Å². The maximum Gasteiger partial charge on any atom is 0.258 e. The number of nitrogens with one attached hydrogen (secondary N) is 1. The maximum atomic E-state index is 13.7. The van der Waals surface area contributed by atoms with Crippen LogP contribution in [-0.4, -0.2) is 43.5 Å². The molecule has 3 heterocycles. The van der Waals surface area contributed by atoms with Gasteiger partial charge in [0.2, 0.25) is 0 Å². The standard InChI is InChI=1S/C24H22BrN5OS/c1-14-10-15(5-7-18(14)25)22-17(12-26-13-27-22)24(31)30-9-3-4-21(30)23-28-19-8-6-16(32-2)11-20(19)29-23/h5-8,10-13,21H,3-4,9H2,1-2H3,(H,28,29)/t21-/m0/s1. The third-order valence-corrected chi connectivity index (χ3v) is 7.53. The zero-order chi connectivity index (χ0) is 22.2. The highest BCUT2D eigenvalue weighted by Gasteiger charge is 2.34. The number of amides is 1. The van der Waals surface area contributed by atoms with E-state index in [9.17, 15) is 4.79 Å². The Kier molecular flexibility index (Phi) is 5.73. The van der Waals surface area contributed by atoms with E-state index in [1.165, 1.54) is 11.2 Å². The smallest absolute Gasteiger partial charge is 0.258 e. The molecule has 0 saturated carbocycles. The monoisotopic (exact) mass is 507 g/mol. The van der Waals surface area contributed by atoms with Gasteiger partial charge in [-0.25, -0.2) is 15.0 Å². The van der Waals surface area contributed by atoms with Crippen LogP contribution in [0.15, 0.2) is 58.3 Å². The molecular formula is C24H22BrN5OS. The zero-order valence-electron chi connectivity index (χ0n) is 17.8. The van der Waals surface area contributed by atoms with Crippen molar-refractivity contribution in [3.63, 3.8) is 0 Å². The van der Waals surface area contributed by atoms with Crippen LogP contribution in [0.3, 0.4) is 0 Å². The highest BCUT2D eigenvalue weighted by Crippen LogP contribution is 2.35. The van der Waals surface area contributed by atoms with E-state index in [1.807, 2.05) is 36.1 Å². The molecule has 1 aliphatic heterocycles. The normalized spacial score (nSPS) is 16.1. The summed E-state index contributed by atoms with van der Waals surface area (Å²) in [5.41, 5.74) is 5.08. The molecule has 2 aromatic carbocycles. The van der Waals surface area contributed by atoms with Gasteiger partial charge in [0.05, 0.1) is 28.3 Å². The summed E-state index contributed by atoms with van der Waals surface area (Å²) in [6.45, 7) is 2.71. The Labute approximate surface area is 199 Å². The van der Waals surface area contributed by atoms with E-state index >= 15 is 0 Å². The minimum absolute atomic E-state index is 0.0612. The summed E-state index contributed by atoms with van der Waals surface area (Å²) >= 11 is 5.24. The molecule has 1 aliphatic rings. The lowest BCUT2D eigenvalue weighted by molar-refractivity contribution is 0.0730. The van der Waals surface area contributed by atoms with E-state index in [0.717, 1.165) is 45.3 Å². The van der Waals surface area contributed by atoms with E-state index in [2.05, 4.69) is 49.3 Å². The number of aromatic nitrogens is 4. The van der Waals surface area contributed by atoms with E-state index in [1.54, 1.807) is 18.0 Å². The van der Waals surface area contributed by atoms with Crippen molar-refractivity contribution in [3.8, 4) is 11.3 Å². The van der Waals surface area contributed by atoms with Crippen LogP contribution >= 0.6 is 27.7 Å². The molecule has 6 nitrogen and oxygen atoms in total. The van der Waals surface area contributed by atoms with Crippen LogP contribution in [0, 0.1) is 6.92 Å². The van der Waals surface area contributed by atoms with Crippen molar-refractivity contribution in [1.29, 1.82) is 0 Å². The highest BCUT2D eigenvalue weighted by molar-refractivity contribution is 9.10. The molecule has 5 rings (SSSR count). The van der Waals surface area contributed by atoms with E-state index in [0.29, 0.717) is 17.8 Å². The van der Waals surface area contributed by atoms with Crippen molar-refractivity contribution in [3.05, 3.63) is 70.3 Å². The molecule has 0 aliphatic carbocycles. The van der Waals surface area contributed by atoms with Crippen LogP contribution in [0.4, 0.5) is 0 Å². The third-order valence-electron chi connectivity index (χ3n) is 5.91. The fourth-order valence-electron chi connectivity index (χ4n) is 4.25. The molecule has 0 unspecified atom stereocenters. The van der Waals surface area contributed by atoms with Crippen molar-refractivity contribution >= 4 is 44.6 Å². The molecule has 0 radical (unpaired) electrons. The average molecular weight is 508 g/mol. The number of thioether (sulfide) groups is 1. The molecule has 162 valence electrons. The molecule has 1 N–H and O–H groups in total.